The van der Waals surface area contributed by atoms with Gasteiger partial charge in [-0.05, 0) is 27.2 Å². The first kappa shape index (κ1) is 8.53. The molecule has 0 aromatic rings. The zero-order valence-corrected chi connectivity index (χ0v) is 7.42. The van der Waals surface area contributed by atoms with Crippen molar-refractivity contribution in [3.63, 3.8) is 0 Å². The predicted octanol–water partition coefficient (Wildman–Crippen LogP) is 0.345. The zero-order valence-electron chi connectivity index (χ0n) is 7.42. The lowest BCUT2D eigenvalue weighted by Crippen LogP contribution is -2.63. The second kappa shape index (κ2) is 2.48. The summed E-state index contributed by atoms with van der Waals surface area (Å²) in [6.07, 6.45) is 1.15. The standard InChI is InChI=1S/C8H16N2O/c1-6-4-8(2,3)10(6)5-7(9)11/h6H,4-5H2,1-3H3,(H2,9,11). The molecule has 1 unspecified atom stereocenters. The van der Waals surface area contributed by atoms with Crippen molar-refractivity contribution >= 4 is 5.91 Å². The Morgan fingerprint density at radius 2 is 2.27 bits per heavy atom. The molecule has 1 aliphatic heterocycles. The van der Waals surface area contributed by atoms with E-state index < -0.39 is 0 Å². The highest BCUT2D eigenvalue weighted by molar-refractivity contribution is 5.76. The molecule has 11 heavy (non-hydrogen) atoms. The third-order valence-corrected chi connectivity index (χ3v) is 2.43. The van der Waals surface area contributed by atoms with E-state index in [4.69, 9.17) is 5.73 Å². The van der Waals surface area contributed by atoms with Gasteiger partial charge in [-0.15, -0.1) is 0 Å². The minimum atomic E-state index is -0.232. The van der Waals surface area contributed by atoms with Crippen molar-refractivity contribution in [2.45, 2.75) is 38.8 Å². The highest BCUT2D eigenvalue weighted by Crippen LogP contribution is 2.34. The maximum atomic E-state index is 10.6. The van der Waals surface area contributed by atoms with Gasteiger partial charge >= 0.3 is 0 Å². The first-order chi connectivity index (χ1) is 4.93. The number of nitrogens with two attached hydrogens (primary N) is 1. The normalized spacial score (nSPS) is 29.5. The number of rotatable bonds is 2. The van der Waals surface area contributed by atoms with Crippen LogP contribution in [0.1, 0.15) is 27.2 Å². The van der Waals surface area contributed by atoms with Gasteiger partial charge in [-0.3, -0.25) is 9.69 Å². The van der Waals surface area contributed by atoms with Crippen LogP contribution in [0.15, 0.2) is 0 Å². The van der Waals surface area contributed by atoms with E-state index in [2.05, 4.69) is 25.7 Å². The molecule has 0 radical (unpaired) electrons. The van der Waals surface area contributed by atoms with E-state index in [-0.39, 0.29) is 11.4 Å². The summed E-state index contributed by atoms with van der Waals surface area (Å²) in [6.45, 7) is 6.79. The van der Waals surface area contributed by atoms with Crippen LogP contribution in [-0.4, -0.2) is 28.9 Å². The summed E-state index contributed by atoms with van der Waals surface area (Å²) >= 11 is 0. The maximum absolute atomic E-state index is 10.6. The van der Waals surface area contributed by atoms with Crippen molar-refractivity contribution in [1.29, 1.82) is 0 Å². The quantitative estimate of drug-likeness (QED) is 0.627. The number of primary amides is 1. The van der Waals surface area contributed by atoms with E-state index in [1.54, 1.807) is 0 Å². The molecule has 1 saturated heterocycles. The lowest BCUT2D eigenvalue weighted by molar-refractivity contribution is -0.126. The van der Waals surface area contributed by atoms with Gasteiger partial charge in [0.25, 0.3) is 0 Å². The topological polar surface area (TPSA) is 46.3 Å². The Balaban J connectivity index is 2.50. The van der Waals surface area contributed by atoms with Crippen molar-refractivity contribution in [2.75, 3.05) is 6.54 Å². The summed E-state index contributed by atoms with van der Waals surface area (Å²) in [5.74, 6) is -0.232. The maximum Gasteiger partial charge on any atom is 0.231 e. The minimum Gasteiger partial charge on any atom is -0.369 e. The molecule has 64 valence electrons. The SMILES string of the molecule is CC1CC(C)(C)N1CC(N)=O. The molecule has 0 aromatic carbocycles. The van der Waals surface area contributed by atoms with Crippen LogP contribution in [0.3, 0.4) is 0 Å². The number of carbonyl (C=O) groups excluding carboxylic acids is 1. The Kier molecular flexibility index (Phi) is 1.92. The molecule has 0 aromatic heterocycles. The Labute approximate surface area is 67.5 Å². The molecule has 1 fully saturated rings. The van der Waals surface area contributed by atoms with Crippen LogP contribution in [0.2, 0.25) is 0 Å². The summed E-state index contributed by atoms with van der Waals surface area (Å²) in [6, 6.07) is 0.512. The molecule has 2 N–H and O–H groups in total. The van der Waals surface area contributed by atoms with Gasteiger partial charge in [-0.1, -0.05) is 0 Å². The van der Waals surface area contributed by atoms with Crippen molar-refractivity contribution in [3.05, 3.63) is 0 Å². The van der Waals surface area contributed by atoms with Gasteiger partial charge in [0.05, 0.1) is 6.54 Å². The molecule has 0 aliphatic carbocycles. The van der Waals surface area contributed by atoms with Gasteiger partial charge < -0.3 is 5.73 Å². The number of hydrogen-bond donors (Lipinski definition) is 1. The molecule has 1 rings (SSSR count). The Morgan fingerprint density at radius 1 is 1.73 bits per heavy atom. The molecule has 0 spiro atoms. The Morgan fingerprint density at radius 3 is 2.45 bits per heavy atom. The average molecular weight is 156 g/mol. The largest absolute Gasteiger partial charge is 0.369 e. The predicted molar refractivity (Wildman–Crippen MR) is 44.1 cm³/mol. The van der Waals surface area contributed by atoms with Gasteiger partial charge in [0.2, 0.25) is 5.91 Å². The van der Waals surface area contributed by atoms with Crippen LogP contribution in [0.25, 0.3) is 0 Å². The second-order valence-electron chi connectivity index (χ2n) is 3.96. The van der Waals surface area contributed by atoms with Crippen LogP contribution < -0.4 is 5.73 Å². The molecule has 3 heteroatoms. The van der Waals surface area contributed by atoms with Gasteiger partial charge in [-0.25, -0.2) is 0 Å². The summed E-state index contributed by atoms with van der Waals surface area (Å²) < 4.78 is 0. The van der Waals surface area contributed by atoms with Crippen molar-refractivity contribution in [3.8, 4) is 0 Å². The third kappa shape index (κ3) is 1.53. The van der Waals surface area contributed by atoms with Crippen LogP contribution >= 0.6 is 0 Å². The number of carbonyl (C=O) groups is 1. The van der Waals surface area contributed by atoms with E-state index in [1.807, 2.05) is 0 Å². The molecule has 1 atom stereocenters. The van der Waals surface area contributed by atoms with E-state index >= 15 is 0 Å². The van der Waals surface area contributed by atoms with E-state index in [9.17, 15) is 4.79 Å². The fourth-order valence-corrected chi connectivity index (χ4v) is 1.97. The van der Waals surface area contributed by atoms with Crippen LogP contribution in [0.5, 0.6) is 0 Å². The van der Waals surface area contributed by atoms with Gasteiger partial charge in [0, 0.05) is 11.6 Å². The first-order valence-electron chi connectivity index (χ1n) is 3.98. The molecular weight excluding hydrogens is 140 g/mol. The van der Waals surface area contributed by atoms with Crippen molar-refractivity contribution < 1.29 is 4.79 Å². The fraction of sp³-hybridized carbons (Fsp3) is 0.875. The molecule has 1 aliphatic rings. The Hall–Kier alpha value is -0.570. The summed E-state index contributed by atoms with van der Waals surface area (Å²) in [5.41, 5.74) is 5.28. The average Bonchev–Trinajstić information content (AvgIpc) is 1.82. The lowest BCUT2D eigenvalue weighted by atomic mass is 9.82. The first-order valence-corrected chi connectivity index (χ1v) is 3.98. The molecule has 1 heterocycles. The summed E-state index contributed by atoms with van der Waals surface area (Å²) in [7, 11) is 0. The van der Waals surface area contributed by atoms with Crippen LogP contribution in [0, 0.1) is 0 Å². The Bertz CT molecular complexity index is 177. The molecule has 0 bridgehead atoms. The number of nitrogens with zero attached hydrogens (tertiary/aromatic N) is 1. The monoisotopic (exact) mass is 156 g/mol. The summed E-state index contributed by atoms with van der Waals surface area (Å²) in [4.78, 5) is 12.8. The summed E-state index contributed by atoms with van der Waals surface area (Å²) in [5, 5.41) is 0. The lowest BCUT2D eigenvalue weighted by Gasteiger charge is -2.53. The van der Waals surface area contributed by atoms with Gasteiger partial charge in [-0.2, -0.15) is 0 Å². The van der Waals surface area contributed by atoms with E-state index in [1.165, 1.54) is 0 Å². The molecule has 0 saturated carbocycles. The highest BCUT2D eigenvalue weighted by atomic mass is 16.1. The molecule has 1 amide bonds. The molecule has 3 nitrogen and oxygen atoms in total. The van der Waals surface area contributed by atoms with E-state index in [0.29, 0.717) is 12.6 Å². The van der Waals surface area contributed by atoms with Crippen LogP contribution in [-0.2, 0) is 4.79 Å². The van der Waals surface area contributed by atoms with Crippen LogP contribution in [0.4, 0.5) is 0 Å². The number of likely N-dealkylation sites (tertiary alicyclic amines) is 1. The van der Waals surface area contributed by atoms with Gasteiger partial charge in [0.1, 0.15) is 0 Å². The molecular formula is C8H16N2O. The van der Waals surface area contributed by atoms with Gasteiger partial charge in [0.15, 0.2) is 0 Å². The second-order valence-corrected chi connectivity index (χ2v) is 3.96. The minimum absolute atomic E-state index is 0.175. The zero-order chi connectivity index (χ0) is 8.65. The third-order valence-electron chi connectivity index (χ3n) is 2.43. The van der Waals surface area contributed by atoms with Crippen molar-refractivity contribution in [1.82, 2.24) is 4.90 Å². The highest BCUT2D eigenvalue weighted by Gasteiger charge is 2.42. The smallest absolute Gasteiger partial charge is 0.231 e. The number of amides is 1. The number of hydrogen-bond acceptors (Lipinski definition) is 2. The van der Waals surface area contributed by atoms with E-state index in [0.717, 1.165) is 6.42 Å². The fourth-order valence-electron chi connectivity index (χ4n) is 1.97. The van der Waals surface area contributed by atoms with Crippen molar-refractivity contribution in [2.24, 2.45) is 5.73 Å².